The van der Waals surface area contributed by atoms with Crippen LogP contribution in [-0.4, -0.2) is 25.0 Å². The monoisotopic (exact) mass is 482 g/mol. The molecule has 2 aromatic carbocycles. The Morgan fingerprint density at radius 3 is 2.34 bits per heavy atom. The average Bonchev–Trinajstić information content (AvgIpc) is 2.67. The molecule has 2 rings (SSSR count). The minimum atomic E-state index is -0.497. The van der Waals surface area contributed by atoms with Crippen LogP contribution in [-0.2, 0) is 4.79 Å². The maximum Gasteiger partial charge on any atom is 0.276 e. The lowest BCUT2D eigenvalue weighted by Gasteiger charge is -2.14. The summed E-state index contributed by atoms with van der Waals surface area (Å²) in [5.41, 5.74) is 6.76. The Bertz CT molecular complexity index is 879. The molecular formula is C21H24BrClN2O4. The summed E-state index contributed by atoms with van der Waals surface area (Å²) in [6.45, 7) is 7.97. The van der Waals surface area contributed by atoms with Crippen LogP contribution in [0.3, 0.4) is 0 Å². The van der Waals surface area contributed by atoms with Gasteiger partial charge in [0.25, 0.3) is 11.8 Å². The number of aryl methyl sites for hydroxylation is 2. The first-order valence-electron chi connectivity index (χ1n) is 9.08. The lowest BCUT2D eigenvalue weighted by atomic mass is 10.1. The van der Waals surface area contributed by atoms with E-state index in [0.29, 0.717) is 34.6 Å². The lowest BCUT2D eigenvalue weighted by molar-refractivity contribution is -0.123. The first-order valence-corrected chi connectivity index (χ1v) is 10.3. The molecule has 29 heavy (non-hydrogen) atoms. The second-order valence-corrected chi connectivity index (χ2v) is 8.30. The van der Waals surface area contributed by atoms with Crippen molar-refractivity contribution in [3.63, 3.8) is 0 Å². The Morgan fingerprint density at radius 2 is 1.72 bits per heavy atom. The van der Waals surface area contributed by atoms with Crippen molar-refractivity contribution in [3.05, 3.63) is 56.5 Å². The molecule has 2 amide bonds. The van der Waals surface area contributed by atoms with Gasteiger partial charge in [-0.2, -0.15) is 0 Å². The summed E-state index contributed by atoms with van der Waals surface area (Å²) in [4.78, 5) is 24.5. The van der Waals surface area contributed by atoms with E-state index in [4.69, 9.17) is 21.1 Å². The van der Waals surface area contributed by atoms with Crippen molar-refractivity contribution < 1.29 is 19.1 Å². The number of hydrogen-bond donors (Lipinski definition) is 2. The van der Waals surface area contributed by atoms with E-state index in [1.807, 2.05) is 27.7 Å². The van der Waals surface area contributed by atoms with E-state index >= 15 is 0 Å². The molecule has 0 fully saturated rings. The summed E-state index contributed by atoms with van der Waals surface area (Å²) in [6.07, 6.45) is 0. The van der Waals surface area contributed by atoms with Crippen LogP contribution in [0.2, 0.25) is 5.02 Å². The SMILES string of the molecule is Cc1cc(OCC(=O)NNC(=O)c2cc(Br)ccc2OCC(C)C)cc(C)c1Cl. The van der Waals surface area contributed by atoms with Gasteiger partial charge in [0.1, 0.15) is 11.5 Å². The molecule has 0 radical (unpaired) electrons. The molecule has 0 saturated heterocycles. The van der Waals surface area contributed by atoms with Crippen LogP contribution in [0.15, 0.2) is 34.8 Å². The molecule has 0 saturated carbocycles. The number of carbonyl (C=O) groups excluding carboxylic acids is 2. The van der Waals surface area contributed by atoms with Gasteiger partial charge in [0, 0.05) is 9.50 Å². The third kappa shape index (κ3) is 6.94. The molecule has 0 spiro atoms. The number of hydrogen-bond acceptors (Lipinski definition) is 4. The molecule has 0 unspecified atom stereocenters. The molecular weight excluding hydrogens is 460 g/mol. The summed E-state index contributed by atoms with van der Waals surface area (Å²) in [5, 5.41) is 0.665. The highest BCUT2D eigenvalue weighted by molar-refractivity contribution is 9.10. The summed E-state index contributed by atoms with van der Waals surface area (Å²) in [7, 11) is 0. The van der Waals surface area contributed by atoms with Gasteiger partial charge in [0.15, 0.2) is 6.61 Å². The van der Waals surface area contributed by atoms with Crippen LogP contribution < -0.4 is 20.3 Å². The minimum absolute atomic E-state index is 0.254. The summed E-state index contributed by atoms with van der Waals surface area (Å²) < 4.78 is 11.9. The van der Waals surface area contributed by atoms with Crippen LogP contribution in [0.25, 0.3) is 0 Å². The lowest BCUT2D eigenvalue weighted by Crippen LogP contribution is -2.44. The largest absolute Gasteiger partial charge is 0.492 e. The molecule has 0 bridgehead atoms. The van der Waals surface area contributed by atoms with Gasteiger partial charge in [-0.25, -0.2) is 0 Å². The van der Waals surface area contributed by atoms with Gasteiger partial charge >= 0.3 is 0 Å². The Hall–Kier alpha value is -2.25. The van der Waals surface area contributed by atoms with Crippen molar-refractivity contribution >= 4 is 39.3 Å². The average molecular weight is 484 g/mol. The van der Waals surface area contributed by atoms with Gasteiger partial charge in [-0.3, -0.25) is 20.4 Å². The standard InChI is InChI=1S/C21H24BrClN2O4/c1-12(2)10-29-18-6-5-15(22)9-17(18)21(27)25-24-19(26)11-28-16-7-13(3)20(23)14(4)8-16/h5-9,12H,10-11H2,1-4H3,(H,24,26)(H,25,27). The minimum Gasteiger partial charge on any atom is -0.492 e. The van der Waals surface area contributed by atoms with E-state index in [9.17, 15) is 9.59 Å². The second kappa shape index (κ2) is 10.5. The number of amides is 2. The molecule has 156 valence electrons. The van der Waals surface area contributed by atoms with E-state index in [0.717, 1.165) is 15.6 Å². The van der Waals surface area contributed by atoms with Crippen LogP contribution in [0, 0.1) is 19.8 Å². The fourth-order valence-corrected chi connectivity index (χ4v) is 2.90. The van der Waals surface area contributed by atoms with Crippen molar-refractivity contribution in [2.45, 2.75) is 27.7 Å². The predicted molar refractivity (Wildman–Crippen MR) is 117 cm³/mol. The van der Waals surface area contributed by atoms with Crippen LogP contribution in [0.5, 0.6) is 11.5 Å². The van der Waals surface area contributed by atoms with Crippen molar-refractivity contribution in [1.82, 2.24) is 10.9 Å². The number of carbonyl (C=O) groups is 2. The first kappa shape index (κ1) is 23.0. The Labute approximate surface area is 184 Å². The smallest absolute Gasteiger partial charge is 0.276 e. The number of rotatable bonds is 7. The van der Waals surface area contributed by atoms with Gasteiger partial charge in [-0.05, 0) is 61.2 Å². The molecule has 0 aliphatic carbocycles. The van der Waals surface area contributed by atoms with Gasteiger partial charge in [0.2, 0.25) is 0 Å². The Kier molecular flexibility index (Phi) is 8.34. The van der Waals surface area contributed by atoms with Crippen LogP contribution in [0.1, 0.15) is 35.3 Å². The fourth-order valence-electron chi connectivity index (χ4n) is 2.43. The molecule has 8 heteroatoms. The highest BCUT2D eigenvalue weighted by Crippen LogP contribution is 2.26. The number of benzene rings is 2. The zero-order valence-electron chi connectivity index (χ0n) is 16.8. The maximum absolute atomic E-state index is 12.5. The summed E-state index contributed by atoms with van der Waals surface area (Å²) in [5.74, 6) is 0.297. The van der Waals surface area contributed by atoms with E-state index in [-0.39, 0.29) is 6.61 Å². The Morgan fingerprint density at radius 1 is 1.07 bits per heavy atom. The van der Waals surface area contributed by atoms with Gasteiger partial charge in [-0.15, -0.1) is 0 Å². The molecule has 0 atom stereocenters. The number of halogens is 2. The number of hydrazine groups is 1. The van der Waals surface area contributed by atoms with E-state index in [1.54, 1.807) is 30.3 Å². The third-order valence-corrected chi connectivity index (χ3v) is 4.94. The number of ether oxygens (including phenoxy) is 2. The highest BCUT2D eigenvalue weighted by atomic mass is 79.9. The molecule has 0 aliphatic rings. The first-order chi connectivity index (χ1) is 13.7. The quantitative estimate of drug-likeness (QED) is 0.565. The zero-order chi connectivity index (χ0) is 21.6. The molecule has 2 N–H and O–H groups in total. The predicted octanol–water partition coefficient (Wildman–Crippen LogP) is 4.59. The molecule has 0 heterocycles. The van der Waals surface area contributed by atoms with Crippen molar-refractivity contribution in [1.29, 1.82) is 0 Å². The van der Waals surface area contributed by atoms with Gasteiger partial charge < -0.3 is 9.47 Å². The van der Waals surface area contributed by atoms with Crippen LogP contribution >= 0.6 is 27.5 Å². The topological polar surface area (TPSA) is 76.7 Å². The molecule has 0 aromatic heterocycles. The summed E-state index contributed by atoms with van der Waals surface area (Å²) in [6, 6.07) is 8.63. The van der Waals surface area contributed by atoms with Crippen molar-refractivity contribution in [3.8, 4) is 11.5 Å². The maximum atomic E-state index is 12.5. The Balaban J connectivity index is 1.93. The number of nitrogens with one attached hydrogen (secondary N) is 2. The highest BCUT2D eigenvalue weighted by Gasteiger charge is 2.15. The fraction of sp³-hybridized carbons (Fsp3) is 0.333. The normalized spacial score (nSPS) is 10.6. The zero-order valence-corrected chi connectivity index (χ0v) is 19.1. The second-order valence-electron chi connectivity index (χ2n) is 7.01. The molecule has 0 aliphatic heterocycles. The van der Waals surface area contributed by atoms with Gasteiger partial charge in [0.05, 0.1) is 12.2 Å². The molecule has 6 nitrogen and oxygen atoms in total. The van der Waals surface area contributed by atoms with Gasteiger partial charge in [-0.1, -0.05) is 41.4 Å². The van der Waals surface area contributed by atoms with E-state index in [1.165, 1.54) is 0 Å². The van der Waals surface area contributed by atoms with Crippen molar-refractivity contribution in [2.75, 3.05) is 13.2 Å². The van der Waals surface area contributed by atoms with Crippen molar-refractivity contribution in [2.24, 2.45) is 5.92 Å². The van der Waals surface area contributed by atoms with E-state index < -0.39 is 11.8 Å². The van der Waals surface area contributed by atoms with Crippen LogP contribution in [0.4, 0.5) is 0 Å². The summed E-state index contributed by atoms with van der Waals surface area (Å²) >= 11 is 9.46. The molecule has 2 aromatic rings. The van der Waals surface area contributed by atoms with E-state index in [2.05, 4.69) is 26.8 Å². The third-order valence-electron chi connectivity index (χ3n) is 3.85.